The highest BCUT2D eigenvalue weighted by molar-refractivity contribution is 5.98. The number of hydrogen-bond acceptors (Lipinski definition) is 4. The number of likely N-dealkylation sites (tertiary alicyclic amines) is 1. The zero-order valence-electron chi connectivity index (χ0n) is 19.9. The molecule has 2 aliphatic rings. The van der Waals surface area contributed by atoms with E-state index in [4.69, 9.17) is 9.47 Å². The van der Waals surface area contributed by atoms with Crippen molar-refractivity contribution in [3.63, 3.8) is 0 Å². The third-order valence-electron chi connectivity index (χ3n) is 7.25. The van der Waals surface area contributed by atoms with Gasteiger partial charge in [-0.25, -0.2) is 0 Å². The number of carbonyl (C=O) groups excluding carboxylic acids is 1. The minimum Gasteiger partial charge on any atom is -0.493 e. The number of Topliss-reactive ketones (excluding diaryl/α,β-unsaturated/α-hetero) is 1. The average molecular weight is 456 g/mol. The predicted octanol–water partition coefficient (Wildman–Crippen LogP) is 6.12. The number of ether oxygens (including phenoxy) is 2. The zero-order chi connectivity index (χ0) is 23.3. The molecule has 1 saturated carbocycles. The Balaban J connectivity index is 1.44. The van der Waals surface area contributed by atoms with E-state index in [0.29, 0.717) is 0 Å². The van der Waals surface area contributed by atoms with Crippen LogP contribution in [-0.4, -0.2) is 37.0 Å². The second kappa shape index (κ2) is 10.4. The van der Waals surface area contributed by atoms with Crippen LogP contribution in [0, 0.1) is 5.92 Å². The van der Waals surface area contributed by atoms with Crippen LogP contribution < -0.4 is 9.47 Å². The molecule has 0 bridgehead atoms. The summed E-state index contributed by atoms with van der Waals surface area (Å²) in [6.07, 6.45) is 4.88. The summed E-state index contributed by atoms with van der Waals surface area (Å²) in [4.78, 5) is 16.0. The molecule has 176 valence electrons. The van der Waals surface area contributed by atoms with Gasteiger partial charge in [0.05, 0.1) is 13.2 Å². The van der Waals surface area contributed by atoms with Gasteiger partial charge in [0.15, 0.2) is 17.3 Å². The minimum atomic E-state index is -0.0983. The standard InChI is InChI=1S/C30H33NO3/c1-33-28-17-16-24(18-29(28)34-25-14-8-9-15-25)26-20-31(19-22-10-4-2-5-11-22)21-27(26)30(32)23-12-6-3-7-13-23/h2-7,10-13,16-18,25-27H,8-9,14-15,19-21H2,1H3/t26-,27+/m0/s1. The monoisotopic (exact) mass is 455 g/mol. The minimum absolute atomic E-state index is 0.0983. The molecule has 4 heteroatoms. The van der Waals surface area contributed by atoms with Crippen LogP contribution in [0.4, 0.5) is 0 Å². The SMILES string of the molecule is COc1ccc([C@@H]2CN(Cc3ccccc3)C[C@H]2C(=O)c2ccccc2)cc1OC1CCCC1. The summed E-state index contributed by atoms with van der Waals surface area (Å²) in [6.45, 7) is 2.43. The molecule has 2 fully saturated rings. The zero-order valence-corrected chi connectivity index (χ0v) is 19.9. The maximum atomic E-state index is 13.6. The van der Waals surface area contributed by atoms with Gasteiger partial charge in [-0.3, -0.25) is 9.69 Å². The summed E-state index contributed by atoms with van der Waals surface area (Å²) in [5.41, 5.74) is 3.21. The predicted molar refractivity (Wildman–Crippen MR) is 135 cm³/mol. The Morgan fingerprint density at radius 1 is 0.882 bits per heavy atom. The lowest BCUT2D eigenvalue weighted by molar-refractivity contribution is 0.0913. The number of ketones is 1. The molecule has 3 aromatic rings. The first kappa shape index (κ1) is 22.7. The summed E-state index contributed by atoms with van der Waals surface area (Å²) >= 11 is 0. The van der Waals surface area contributed by atoms with Crippen LogP contribution in [0.1, 0.15) is 53.1 Å². The van der Waals surface area contributed by atoms with Crippen LogP contribution in [0.25, 0.3) is 0 Å². The van der Waals surface area contributed by atoms with Crippen molar-refractivity contribution in [2.45, 2.75) is 44.2 Å². The van der Waals surface area contributed by atoms with Crippen LogP contribution in [0.5, 0.6) is 11.5 Å². The van der Waals surface area contributed by atoms with Crippen molar-refractivity contribution in [2.75, 3.05) is 20.2 Å². The summed E-state index contributed by atoms with van der Waals surface area (Å²) in [7, 11) is 1.69. The maximum Gasteiger partial charge on any atom is 0.167 e. The molecule has 0 amide bonds. The van der Waals surface area contributed by atoms with Crippen LogP contribution in [0.2, 0.25) is 0 Å². The molecule has 0 spiro atoms. The van der Waals surface area contributed by atoms with Crippen molar-refractivity contribution in [3.8, 4) is 11.5 Å². The van der Waals surface area contributed by atoms with Gasteiger partial charge >= 0.3 is 0 Å². The molecule has 2 atom stereocenters. The molecule has 1 aliphatic heterocycles. The van der Waals surface area contributed by atoms with Gasteiger partial charge in [-0.2, -0.15) is 0 Å². The Labute approximate surface area is 202 Å². The van der Waals surface area contributed by atoms with E-state index in [2.05, 4.69) is 41.3 Å². The average Bonchev–Trinajstić information content (AvgIpc) is 3.55. The lowest BCUT2D eigenvalue weighted by Gasteiger charge is -2.21. The van der Waals surface area contributed by atoms with Crippen molar-refractivity contribution >= 4 is 5.78 Å². The molecule has 34 heavy (non-hydrogen) atoms. The summed E-state index contributed by atoms with van der Waals surface area (Å²) in [6, 6.07) is 26.5. The molecular formula is C30H33NO3. The smallest absolute Gasteiger partial charge is 0.167 e. The molecule has 5 rings (SSSR count). The van der Waals surface area contributed by atoms with E-state index in [1.54, 1.807) is 7.11 Å². The molecule has 4 nitrogen and oxygen atoms in total. The fourth-order valence-corrected chi connectivity index (χ4v) is 5.48. The van der Waals surface area contributed by atoms with E-state index in [0.717, 1.165) is 55.1 Å². The largest absolute Gasteiger partial charge is 0.493 e. The highest BCUT2D eigenvalue weighted by atomic mass is 16.5. The molecule has 1 heterocycles. The van der Waals surface area contributed by atoms with Gasteiger partial charge in [-0.1, -0.05) is 66.7 Å². The molecule has 1 aliphatic carbocycles. The summed E-state index contributed by atoms with van der Waals surface area (Å²) in [5.74, 6) is 1.79. The van der Waals surface area contributed by atoms with Gasteiger partial charge in [-0.15, -0.1) is 0 Å². The fourth-order valence-electron chi connectivity index (χ4n) is 5.48. The molecule has 0 radical (unpaired) electrons. The Bertz CT molecular complexity index is 1090. The quantitative estimate of drug-likeness (QED) is 0.384. The maximum absolute atomic E-state index is 13.6. The molecule has 0 aromatic heterocycles. The highest BCUT2D eigenvalue weighted by Gasteiger charge is 2.39. The van der Waals surface area contributed by atoms with Crippen molar-refractivity contribution in [1.82, 2.24) is 4.90 Å². The van der Waals surface area contributed by atoms with E-state index in [9.17, 15) is 4.79 Å². The Morgan fingerprint density at radius 2 is 1.59 bits per heavy atom. The van der Waals surface area contributed by atoms with E-state index in [-0.39, 0.29) is 23.7 Å². The van der Waals surface area contributed by atoms with E-state index >= 15 is 0 Å². The van der Waals surface area contributed by atoms with Crippen molar-refractivity contribution < 1.29 is 14.3 Å². The third-order valence-corrected chi connectivity index (χ3v) is 7.25. The van der Waals surface area contributed by atoms with Crippen LogP contribution in [0.3, 0.4) is 0 Å². The summed E-state index contributed by atoms with van der Waals surface area (Å²) in [5, 5.41) is 0. The van der Waals surface area contributed by atoms with Gasteiger partial charge in [0.2, 0.25) is 0 Å². The molecule has 0 N–H and O–H groups in total. The van der Waals surface area contributed by atoms with Gasteiger partial charge in [0.25, 0.3) is 0 Å². The number of nitrogens with zero attached hydrogens (tertiary/aromatic N) is 1. The Morgan fingerprint density at radius 3 is 2.29 bits per heavy atom. The van der Waals surface area contributed by atoms with Gasteiger partial charge in [-0.05, 0) is 48.9 Å². The van der Waals surface area contributed by atoms with E-state index in [1.807, 2.05) is 42.5 Å². The van der Waals surface area contributed by atoms with Gasteiger partial charge in [0, 0.05) is 37.0 Å². The summed E-state index contributed by atoms with van der Waals surface area (Å²) < 4.78 is 12.0. The van der Waals surface area contributed by atoms with Crippen molar-refractivity contribution in [3.05, 3.63) is 95.6 Å². The van der Waals surface area contributed by atoms with Crippen LogP contribution >= 0.6 is 0 Å². The second-order valence-corrected chi connectivity index (χ2v) is 9.56. The first-order valence-electron chi connectivity index (χ1n) is 12.4. The number of hydrogen-bond donors (Lipinski definition) is 0. The van der Waals surface area contributed by atoms with E-state index < -0.39 is 0 Å². The fraction of sp³-hybridized carbons (Fsp3) is 0.367. The Hall–Kier alpha value is -3.11. The lowest BCUT2D eigenvalue weighted by Crippen LogP contribution is -2.23. The lowest BCUT2D eigenvalue weighted by atomic mass is 9.83. The number of benzene rings is 3. The van der Waals surface area contributed by atoms with E-state index in [1.165, 1.54) is 18.4 Å². The van der Waals surface area contributed by atoms with Crippen molar-refractivity contribution in [2.24, 2.45) is 5.92 Å². The first-order valence-corrected chi connectivity index (χ1v) is 12.4. The Kier molecular flexibility index (Phi) is 6.96. The molecule has 0 unspecified atom stereocenters. The van der Waals surface area contributed by atoms with Crippen LogP contribution in [0.15, 0.2) is 78.9 Å². The van der Waals surface area contributed by atoms with Gasteiger partial charge in [0.1, 0.15) is 0 Å². The third kappa shape index (κ3) is 5.02. The topological polar surface area (TPSA) is 38.8 Å². The van der Waals surface area contributed by atoms with Gasteiger partial charge < -0.3 is 9.47 Å². The molecule has 3 aromatic carbocycles. The number of methoxy groups -OCH3 is 1. The second-order valence-electron chi connectivity index (χ2n) is 9.56. The highest BCUT2D eigenvalue weighted by Crippen LogP contribution is 2.40. The first-order chi connectivity index (χ1) is 16.7. The normalized spacial score (nSPS) is 21.0. The number of rotatable bonds is 8. The van der Waals surface area contributed by atoms with Crippen LogP contribution in [-0.2, 0) is 6.54 Å². The molecule has 1 saturated heterocycles. The molecular weight excluding hydrogens is 422 g/mol. The number of carbonyl (C=O) groups is 1. The van der Waals surface area contributed by atoms with Crippen molar-refractivity contribution in [1.29, 1.82) is 0 Å².